The second kappa shape index (κ2) is 7.10. The number of imidazole rings is 1. The molecule has 0 aliphatic heterocycles. The summed E-state index contributed by atoms with van der Waals surface area (Å²) < 4.78 is 1.99. The molecule has 100 valence electrons. The Morgan fingerprint density at radius 1 is 1.32 bits per heavy atom. The van der Waals surface area contributed by atoms with Crippen molar-refractivity contribution in [2.24, 2.45) is 0 Å². The van der Waals surface area contributed by atoms with E-state index in [-0.39, 0.29) is 0 Å². The molecule has 19 heavy (non-hydrogen) atoms. The SMILES string of the molecule is O=C(CCCn1ccnc1)CCc1cccc(Cl)c1. The molecule has 1 aromatic carbocycles. The molecule has 3 nitrogen and oxygen atoms in total. The Bertz CT molecular complexity index is 523. The molecule has 4 heteroatoms. The van der Waals surface area contributed by atoms with Crippen LogP contribution in [0.1, 0.15) is 24.8 Å². The lowest BCUT2D eigenvalue weighted by atomic mass is 10.1. The molecule has 0 aliphatic rings. The Morgan fingerprint density at radius 3 is 2.95 bits per heavy atom. The molecule has 1 aromatic heterocycles. The van der Waals surface area contributed by atoms with Gasteiger partial charge < -0.3 is 4.57 Å². The highest BCUT2D eigenvalue weighted by atomic mass is 35.5. The Kier molecular flexibility index (Phi) is 5.16. The third-order valence-electron chi connectivity index (χ3n) is 3.01. The number of benzene rings is 1. The molecule has 2 aromatic rings. The van der Waals surface area contributed by atoms with E-state index in [2.05, 4.69) is 4.98 Å². The lowest BCUT2D eigenvalue weighted by Gasteiger charge is -2.03. The van der Waals surface area contributed by atoms with E-state index in [1.165, 1.54) is 0 Å². The summed E-state index contributed by atoms with van der Waals surface area (Å²) in [4.78, 5) is 15.7. The highest BCUT2D eigenvalue weighted by Crippen LogP contribution is 2.13. The largest absolute Gasteiger partial charge is 0.337 e. The van der Waals surface area contributed by atoms with Crippen molar-refractivity contribution >= 4 is 17.4 Å². The predicted octanol–water partition coefficient (Wildman–Crippen LogP) is 3.52. The van der Waals surface area contributed by atoms with Gasteiger partial charge in [-0.3, -0.25) is 4.79 Å². The van der Waals surface area contributed by atoms with Gasteiger partial charge >= 0.3 is 0 Å². The van der Waals surface area contributed by atoms with Crippen LogP contribution in [0.25, 0.3) is 0 Å². The van der Waals surface area contributed by atoms with Crippen LogP contribution in [0.15, 0.2) is 43.0 Å². The number of aryl methyl sites for hydroxylation is 2. The summed E-state index contributed by atoms with van der Waals surface area (Å²) in [6, 6.07) is 7.68. The number of hydrogen-bond acceptors (Lipinski definition) is 2. The van der Waals surface area contributed by atoms with E-state index in [0.717, 1.165) is 30.0 Å². The number of aromatic nitrogens is 2. The van der Waals surface area contributed by atoms with Crippen molar-refractivity contribution in [1.82, 2.24) is 9.55 Å². The summed E-state index contributed by atoms with van der Waals surface area (Å²) >= 11 is 5.91. The smallest absolute Gasteiger partial charge is 0.133 e. The van der Waals surface area contributed by atoms with Crippen LogP contribution in [0.3, 0.4) is 0 Å². The Morgan fingerprint density at radius 2 is 2.21 bits per heavy atom. The fraction of sp³-hybridized carbons (Fsp3) is 0.333. The van der Waals surface area contributed by atoms with Gasteiger partial charge in [-0.05, 0) is 30.5 Å². The molecule has 0 unspecified atom stereocenters. The summed E-state index contributed by atoms with van der Waals surface area (Å²) in [6.07, 6.45) is 8.28. The lowest BCUT2D eigenvalue weighted by molar-refractivity contribution is -0.119. The number of ketones is 1. The number of carbonyl (C=O) groups excluding carboxylic acids is 1. The van der Waals surface area contributed by atoms with E-state index in [1.54, 1.807) is 12.5 Å². The minimum atomic E-state index is 0.306. The highest BCUT2D eigenvalue weighted by molar-refractivity contribution is 6.30. The molecule has 0 N–H and O–H groups in total. The van der Waals surface area contributed by atoms with E-state index in [4.69, 9.17) is 11.6 Å². The van der Waals surface area contributed by atoms with Crippen molar-refractivity contribution in [1.29, 1.82) is 0 Å². The van der Waals surface area contributed by atoms with Crippen molar-refractivity contribution in [2.75, 3.05) is 0 Å². The lowest BCUT2D eigenvalue weighted by Crippen LogP contribution is -2.03. The van der Waals surface area contributed by atoms with Gasteiger partial charge in [-0.1, -0.05) is 23.7 Å². The highest BCUT2D eigenvalue weighted by Gasteiger charge is 2.03. The van der Waals surface area contributed by atoms with Crippen LogP contribution in [0.2, 0.25) is 5.02 Å². The molecule has 0 saturated heterocycles. The number of rotatable bonds is 7. The molecule has 2 rings (SSSR count). The summed E-state index contributed by atoms with van der Waals surface area (Å²) in [5.74, 6) is 0.306. The Labute approximate surface area is 118 Å². The fourth-order valence-corrected chi connectivity index (χ4v) is 2.19. The Balaban J connectivity index is 1.67. The first kappa shape index (κ1) is 13.8. The monoisotopic (exact) mass is 276 g/mol. The number of halogens is 1. The maximum absolute atomic E-state index is 11.8. The zero-order chi connectivity index (χ0) is 13.5. The van der Waals surface area contributed by atoms with E-state index in [1.807, 2.05) is 35.0 Å². The van der Waals surface area contributed by atoms with E-state index >= 15 is 0 Å². The van der Waals surface area contributed by atoms with Crippen LogP contribution >= 0.6 is 11.6 Å². The van der Waals surface area contributed by atoms with Gasteiger partial charge in [0.1, 0.15) is 5.78 Å². The quantitative estimate of drug-likeness (QED) is 0.775. The number of nitrogens with zero attached hydrogens (tertiary/aromatic N) is 2. The number of carbonyl (C=O) groups is 1. The molecule has 1 heterocycles. The normalized spacial score (nSPS) is 10.6. The topological polar surface area (TPSA) is 34.9 Å². The average Bonchev–Trinajstić information content (AvgIpc) is 2.90. The second-order valence-corrected chi connectivity index (χ2v) is 5.01. The van der Waals surface area contributed by atoms with Gasteiger partial charge in [-0.15, -0.1) is 0 Å². The average molecular weight is 277 g/mol. The number of Topliss-reactive ketones (excluding diaryl/α,β-unsaturated/α-hetero) is 1. The van der Waals surface area contributed by atoms with Crippen molar-refractivity contribution in [3.63, 3.8) is 0 Å². The zero-order valence-corrected chi connectivity index (χ0v) is 11.5. The third kappa shape index (κ3) is 4.87. The van der Waals surface area contributed by atoms with E-state index < -0.39 is 0 Å². The first-order valence-corrected chi connectivity index (χ1v) is 6.84. The van der Waals surface area contributed by atoms with Gasteiger partial charge in [-0.2, -0.15) is 0 Å². The van der Waals surface area contributed by atoms with E-state index in [0.29, 0.717) is 18.6 Å². The third-order valence-corrected chi connectivity index (χ3v) is 3.25. The second-order valence-electron chi connectivity index (χ2n) is 4.57. The molecule has 0 bridgehead atoms. The van der Waals surface area contributed by atoms with Gasteiger partial charge in [-0.25, -0.2) is 4.98 Å². The molecular weight excluding hydrogens is 260 g/mol. The molecule has 0 radical (unpaired) electrons. The molecular formula is C15H17ClN2O. The van der Waals surface area contributed by atoms with Crippen LogP contribution in [-0.4, -0.2) is 15.3 Å². The van der Waals surface area contributed by atoms with Crippen LogP contribution in [0.4, 0.5) is 0 Å². The van der Waals surface area contributed by atoms with Crippen LogP contribution < -0.4 is 0 Å². The first-order chi connectivity index (χ1) is 9.24. The van der Waals surface area contributed by atoms with Crippen LogP contribution in [0.5, 0.6) is 0 Å². The van der Waals surface area contributed by atoms with Gasteiger partial charge in [0.25, 0.3) is 0 Å². The molecule has 0 fully saturated rings. The minimum absolute atomic E-state index is 0.306. The maximum Gasteiger partial charge on any atom is 0.133 e. The van der Waals surface area contributed by atoms with Crippen molar-refractivity contribution in [3.05, 3.63) is 53.6 Å². The van der Waals surface area contributed by atoms with Crippen LogP contribution in [-0.2, 0) is 17.8 Å². The first-order valence-electron chi connectivity index (χ1n) is 6.46. The van der Waals surface area contributed by atoms with Crippen molar-refractivity contribution < 1.29 is 4.79 Å². The molecule has 0 atom stereocenters. The molecule has 0 amide bonds. The number of hydrogen-bond donors (Lipinski definition) is 0. The van der Waals surface area contributed by atoms with Crippen LogP contribution in [0, 0.1) is 0 Å². The molecule has 0 spiro atoms. The van der Waals surface area contributed by atoms with Gasteiger partial charge in [0.15, 0.2) is 0 Å². The summed E-state index contributed by atoms with van der Waals surface area (Å²) in [6.45, 7) is 0.850. The fourth-order valence-electron chi connectivity index (χ4n) is 1.98. The molecule has 0 saturated carbocycles. The standard InChI is InChI=1S/C15H17ClN2O/c16-14-4-1-3-13(11-14)6-7-15(19)5-2-9-18-10-8-17-12-18/h1,3-4,8,10-12H,2,5-7,9H2. The summed E-state index contributed by atoms with van der Waals surface area (Å²) in [5.41, 5.74) is 1.12. The summed E-state index contributed by atoms with van der Waals surface area (Å²) in [5, 5.41) is 0.727. The minimum Gasteiger partial charge on any atom is -0.337 e. The zero-order valence-electron chi connectivity index (χ0n) is 10.8. The van der Waals surface area contributed by atoms with Gasteiger partial charge in [0.05, 0.1) is 6.33 Å². The van der Waals surface area contributed by atoms with Gasteiger partial charge in [0.2, 0.25) is 0 Å². The Hall–Kier alpha value is -1.61. The van der Waals surface area contributed by atoms with Gasteiger partial charge in [0, 0.05) is 36.8 Å². The predicted molar refractivity (Wildman–Crippen MR) is 76.2 cm³/mol. The van der Waals surface area contributed by atoms with Crippen molar-refractivity contribution in [2.45, 2.75) is 32.2 Å². The van der Waals surface area contributed by atoms with E-state index in [9.17, 15) is 4.79 Å². The molecule has 0 aliphatic carbocycles. The summed E-state index contributed by atoms with van der Waals surface area (Å²) in [7, 11) is 0. The van der Waals surface area contributed by atoms with Crippen molar-refractivity contribution in [3.8, 4) is 0 Å². The maximum atomic E-state index is 11.8.